The lowest BCUT2D eigenvalue weighted by molar-refractivity contribution is 0.687. The molecule has 1 aromatic heterocycles. The zero-order chi connectivity index (χ0) is 14.8. The van der Waals surface area contributed by atoms with Gasteiger partial charge >= 0.3 is 0 Å². The number of hydrogen-bond donors (Lipinski definition) is 1. The van der Waals surface area contributed by atoms with E-state index >= 15 is 0 Å². The van der Waals surface area contributed by atoms with Crippen LogP contribution in [0.15, 0.2) is 54.9 Å². The van der Waals surface area contributed by atoms with Crippen molar-refractivity contribution in [3.63, 3.8) is 0 Å². The summed E-state index contributed by atoms with van der Waals surface area (Å²) in [5.41, 5.74) is 9.60. The SMILES string of the molecule is Nc1ccccc1-c1cnn(Cc2cc(Cl)ccc2Cl)c1. The van der Waals surface area contributed by atoms with Crippen LogP contribution in [-0.2, 0) is 6.54 Å². The van der Waals surface area contributed by atoms with Crippen molar-refractivity contribution in [2.75, 3.05) is 5.73 Å². The van der Waals surface area contributed by atoms with Crippen molar-refractivity contribution in [1.82, 2.24) is 9.78 Å². The molecule has 0 amide bonds. The van der Waals surface area contributed by atoms with Crippen LogP contribution in [0.5, 0.6) is 0 Å². The van der Waals surface area contributed by atoms with Gasteiger partial charge in [-0.1, -0.05) is 41.4 Å². The summed E-state index contributed by atoms with van der Waals surface area (Å²) in [7, 11) is 0. The molecular weight excluding hydrogens is 305 g/mol. The molecule has 0 aliphatic rings. The van der Waals surface area contributed by atoms with Gasteiger partial charge in [0.15, 0.2) is 0 Å². The van der Waals surface area contributed by atoms with Gasteiger partial charge in [-0.3, -0.25) is 4.68 Å². The highest BCUT2D eigenvalue weighted by molar-refractivity contribution is 6.33. The van der Waals surface area contributed by atoms with Gasteiger partial charge in [0, 0.05) is 33.1 Å². The molecule has 0 radical (unpaired) electrons. The summed E-state index contributed by atoms with van der Waals surface area (Å²) in [6.07, 6.45) is 3.74. The summed E-state index contributed by atoms with van der Waals surface area (Å²) >= 11 is 12.2. The van der Waals surface area contributed by atoms with Crippen molar-refractivity contribution in [2.24, 2.45) is 0 Å². The molecule has 0 saturated carbocycles. The quantitative estimate of drug-likeness (QED) is 0.723. The van der Waals surface area contributed by atoms with Crippen LogP contribution in [0.4, 0.5) is 5.69 Å². The maximum absolute atomic E-state index is 6.18. The molecule has 0 aliphatic heterocycles. The summed E-state index contributed by atoms with van der Waals surface area (Å²) in [4.78, 5) is 0. The summed E-state index contributed by atoms with van der Waals surface area (Å²) in [6.45, 7) is 0.562. The van der Waals surface area contributed by atoms with Crippen LogP contribution in [0.1, 0.15) is 5.56 Å². The van der Waals surface area contributed by atoms with Gasteiger partial charge in [-0.15, -0.1) is 0 Å². The second-order valence-corrected chi connectivity index (χ2v) is 5.59. The van der Waals surface area contributed by atoms with Gasteiger partial charge in [0.05, 0.1) is 12.7 Å². The molecule has 21 heavy (non-hydrogen) atoms. The fraction of sp³-hybridized carbons (Fsp3) is 0.0625. The Bertz CT molecular complexity index is 781. The second-order valence-electron chi connectivity index (χ2n) is 4.75. The number of para-hydroxylation sites is 1. The molecule has 0 bridgehead atoms. The van der Waals surface area contributed by atoms with Gasteiger partial charge in [0.2, 0.25) is 0 Å². The number of rotatable bonds is 3. The standard InChI is InChI=1S/C16H13Cl2N3/c17-13-5-6-15(18)11(7-13)9-21-10-12(8-20-21)14-3-1-2-4-16(14)19/h1-8,10H,9,19H2. The minimum Gasteiger partial charge on any atom is -0.398 e. The molecule has 106 valence electrons. The van der Waals surface area contributed by atoms with Crippen molar-refractivity contribution >= 4 is 28.9 Å². The Balaban J connectivity index is 1.89. The zero-order valence-electron chi connectivity index (χ0n) is 11.1. The molecule has 3 rings (SSSR count). The number of halogens is 2. The van der Waals surface area contributed by atoms with Gasteiger partial charge < -0.3 is 5.73 Å². The molecule has 0 fully saturated rings. The molecule has 2 N–H and O–H groups in total. The normalized spacial score (nSPS) is 10.8. The molecule has 0 spiro atoms. The average molecular weight is 318 g/mol. The number of anilines is 1. The van der Waals surface area contributed by atoms with E-state index in [1.54, 1.807) is 18.3 Å². The minimum atomic E-state index is 0.562. The summed E-state index contributed by atoms with van der Waals surface area (Å²) in [5, 5.41) is 5.70. The molecule has 5 heteroatoms. The van der Waals surface area contributed by atoms with Crippen molar-refractivity contribution < 1.29 is 0 Å². The summed E-state index contributed by atoms with van der Waals surface area (Å²) in [6, 6.07) is 13.1. The van der Waals surface area contributed by atoms with Crippen molar-refractivity contribution in [2.45, 2.75) is 6.54 Å². The van der Waals surface area contributed by atoms with Gasteiger partial charge in [-0.25, -0.2) is 0 Å². The Labute approximate surface area is 132 Å². The van der Waals surface area contributed by atoms with E-state index in [0.717, 1.165) is 22.4 Å². The first kappa shape index (κ1) is 14.0. The Morgan fingerprint density at radius 2 is 1.90 bits per heavy atom. The largest absolute Gasteiger partial charge is 0.398 e. The highest BCUT2D eigenvalue weighted by atomic mass is 35.5. The van der Waals surface area contributed by atoms with E-state index in [2.05, 4.69) is 5.10 Å². The highest BCUT2D eigenvalue weighted by Gasteiger charge is 2.07. The number of nitrogens with zero attached hydrogens (tertiary/aromatic N) is 2. The van der Waals surface area contributed by atoms with Crippen LogP contribution in [0.2, 0.25) is 10.0 Å². The first-order chi connectivity index (χ1) is 10.1. The van der Waals surface area contributed by atoms with Crippen LogP contribution >= 0.6 is 23.2 Å². The predicted molar refractivity (Wildman–Crippen MR) is 87.6 cm³/mol. The van der Waals surface area contributed by atoms with Crippen LogP contribution in [0.25, 0.3) is 11.1 Å². The molecule has 3 nitrogen and oxygen atoms in total. The zero-order valence-corrected chi connectivity index (χ0v) is 12.6. The molecule has 0 saturated heterocycles. The van der Waals surface area contributed by atoms with Gasteiger partial charge in [0.25, 0.3) is 0 Å². The predicted octanol–water partition coefficient (Wildman–Crippen LogP) is 4.49. The highest BCUT2D eigenvalue weighted by Crippen LogP contribution is 2.26. The van der Waals surface area contributed by atoms with E-state index in [4.69, 9.17) is 28.9 Å². The van der Waals surface area contributed by atoms with Gasteiger partial charge in [0.1, 0.15) is 0 Å². The lowest BCUT2D eigenvalue weighted by Crippen LogP contribution is -2.00. The first-order valence-electron chi connectivity index (χ1n) is 6.45. The van der Waals surface area contributed by atoms with Gasteiger partial charge in [-0.2, -0.15) is 5.10 Å². The van der Waals surface area contributed by atoms with Crippen LogP contribution in [0, 0.1) is 0 Å². The lowest BCUT2D eigenvalue weighted by atomic mass is 10.1. The third-order valence-corrected chi connectivity index (χ3v) is 3.85. The summed E-state index contributed by atoms with van der Waals surface area (Å²) < 4.78 is 1.82. The Morgan fingerprint density at radius 3 is 2.71 bits per heavy atom. The number of benzene rings is 2. The van der Waals surface area contributed by atoms with Crippen LogP contribution in [0.3, 0.4) is 0 Å². The van der Waals surface area contributed by atoms with Crippen molar-refractivity contribution in [1.29, 1.82) is 0 Å². The summed E-state index contributed by atoms with van der Waals surface area (Å²) in [5.74, 6) is 0. The van der Waals surface area contributed by atoms with Gasteiger partial charge in [-0.05, 0) is 29.8 Å². The van der Waals surface area contributed by atoms with E-state index in [0.29, 0.717) is 16.6 Å². The van der Waals surface area contributed by atoms with Crippen LogP contribution in [-0.4, -0.2) is 9.78 Å². The molecule has 0 unspecified atom stereocenters. The fourth-order valence-electron chi connectivity index (χ4n) is 2.19. The third kappa shape index (κ3) is 3.04. The van der Waals surface area contributed by atoms with Crippen molar-refractivity contribution in [3.8, 4) is 11.1 Å². The maximum Gasteiger partial charge on any atom is 0.0674 e. The molecule has 3 aromatic rings. The topological polar surface area (TPSA) is 43.8 Å². The van der Waals surface area contributed by atoms with Crippen molar-refractivity contribution in [3.05, 3.63) is 70.5 Å². The minimum absolute atomic E-state index is 0.562. The Kier molecular flexibility index (Phi) is 3.86. The number of hydrogen-bond acceptors (Lipinski definition) is 2. The molecule has 0 atom stereocenters. The van der Waals surface area contributed by atoms with Crippen LogP contribution < -0.4 is 5.73 Å². The smallest absolute Gasteiger partial charge is 0.0674 e. The molecule has 0 aliphatic carbocycles. The molecular formula is C16H13Cl2N3. The number of nitrogens with two attached hydrogens (primary N) is 1. The molecule has 1 heterocycles. The Hall–Kier alpha value is -1.97. The monoisotopic (exact) mass is 317 g/mol. The van der Waals surface area contributed by atoms with E-state index in [1.165, 1.54) is 0 Å². The lowest BCUT2D eigenvalue weighted by Gasteiger charge is -2.05. The maximum atomic E-state index is 6.18. The number of aromatic nitrogens is 2. The van der Waals surface area contributed by atoms with E-state index in [-0.39, 0.29) is 0 Å². The van der Waals surface area contributed by atoms with E-state index in [9.17, 15) is 0 Å². The second kappa shape index (κ2) is 5.80. The molecule has 2 aromatic carbocycles. The average Bonchev–Trinajstić information content (AvgIpc) is 2.92. The third-order valence-electron chi connectivity index (χ3n) is 3.25. The fourth-order valence-corrected chi connectivity index (χ4v) is 2.56. The number of nitrogen functional groups attached to an aromatic ring is 1. The van der Waals surface area contributed by atoms with E-state index in [1.807, 2.05) is 41.2 Å². The van der Waals surface area contributed by atoms with E-state index < -0.39 is 0 Å². The first-order valence-corrected chi connectivity index (χ1v) is 7.20. The Morgan fingerprint density at radius 1 is 1.10 bits per heavy atom.